The second-order valence-electron chi connectivity index (χ2n) is 8.12. The van der Waals surface area contributed by atoms with E-state index in [9.17, 15) is 9.59 Å². The first kappa shape index (κ1) is 21.7. The highest BCUT2D eigenvalue weighted by Gasteiger charge is 2.43. The van der Waals surface area contributed by atoms with Crippen LogP contribution in [0.3, 0.4) is 0 Å². The lowest BCUT2D eigenvalue weighted by atomic mass is 10.0. The maximum Gasteiger partial charge on any atom is 0.282 e. The first-order valence-corrected chi connectivity index (χ1v) is 11.5. The number of ether oxygens (including phenoxy) is 1. The van der Waals surface area contributed by atoms with E-state index in [4.69, 9.17) is 4.74 Å². The zero-order valence-electron chi connectivity index (χ0n) is 19.1. The Kier molecular flexibility index (Phi) is 5.99. The molecule has 0 atom stereocenters. The zero-order valence-corrected chi connectivity index (χ0v) is 19.1. The molecule has 7 nitrogen and oxygen atoms in total. The number of piperazine rings is 1. The Bertz CT molecular complexity index is 1200. The maximum absolute atomic E-state index is 13.7. The number of carbonyl (C=O) groups excluding carboxylic acids is 2. The minimum Gasteiger partial charge on any atom is -0.494 e. The number of hydrogen-bond acceptors (Lipinski definition) is 6. The number of anilines is 2. The molecule has 0 aliphatic carbocycles. The molecule has 0 saturated carbocycles. The van der Waals surface area contributed by atoms with E-state index in [1.165, 1.54) is 4.90 Å². The highest BCUT2D eigenvalue weighted by Crippen LogP contribution is 2.35. The van der Waals surface area contributed by atoms with E-state index < -0.39 is 0 Å². The molecule has 1 saturated heterocycles. The zero-order chi connectivity index (χ0) is 23.5. The number of pyridine rings is 1. The molecule has 5 rings (SSSR count). The van der Waals surface area contributed by atoms with Crippen molar-refractivity contribution in [3.63, 3.8) is 0 Å². The fourth-order valence-corrected chi connectivity index (χ4v) is 4.47. The first-order chi connectivity index (χ1) is 16.7. The summed E-state index contributed by atoms with van der Waals surface area (Å²) in [6.07, 6.45) is 1.78. The van der Waals surface area contributed by atoms with E-state index in [-0.39, 0.29) is 11.8 Å². The summed E-state index contributed by atoms with van der Waals surface area (Å²) in [5.41, 5.74) is 2.17. The quantitative estimate of drug-likeness (QED) is 0.531. The van der Waals surface area contributed by atoms with Gasteiger partial charge in [0.15, 0.2) is 0 Å². The molecular formula is C27H26N4O3. The largest absolute Gasteiger partial charge is 0.494 e. The molecule has 2 aliphatic heterocycles. The van der Waals surface area contributed by atoms with Crippen LogP contribution in [0.5, 0.6) is 5.75 Å². The average Bonchev–Trinajstić information content (AvgIpc) is 3.15. The van der Waals surface area contributed by atoms with Crippen molar-refractivity contribution in [2.24, 2.45) is 0 Å². The fraction of sp³-hybridized carbons (Fsp3) is 0.222. The normalized spacial score (nSPS) is 16.4. The molecule has 0 N–H and O–H groups in total. The molecule has 0 radical (unpaired) electrons. The molecule has 1 aromatic heterocycles. The summed E-state index contributed by atoms with van der Waals surface area (Å²) in [4.78, 5) is 37.3. The SMILES string of the molecule is CCOc1ccc(C2=C(N3CCN(c4ccccn4)CC3)C(=O)N(c3ccccc3)C2=O)cc1. The highest BCUT2D eigenvalue weighted by atomic mass is 16.5. The van der Waals surface area contributed by atoms with Crippen molar-refractivity contribution < 1.29 is 14.3 Å². The van der Waals surface area contributed by atoms with Gasteiger partial charge in [0.05, 0.1) is 17.9 Å². The molecule has 2 amide bonds. The van der Waals surface area contributed by atoms with Gasteiger partial charge in [0.25, 0.3) is 11.8 Å². The van der Waals surface area contributed by atoms with E-state index in [0.717, 1.165) is 11.6 Å². The summed E-state index contributed by atoms with van der Waals surface area (Å²) in [5, 5.41) is 0. The molecular weight excluding hydrogens is 428 g/mol. The molecule has 3 heterocycles. The van der Waals surface area contributed by atoms with Gasteiger partial charge in [0.1, 0.15) is 17.3 Å². The topological polar surface area (TPSA) is 66.0 Å². The summed E-state index contributed by atoms with van der Waals surface area (Å²) in [5.74, 6) is 1.06. The number of benzene rings is 2. The minimum absolute atomic E-state index is 0.286. The molecule has 34 heavy (non-hydrogen) atoms. The molecule has 172 valence electrons. The van der Waals surface area contributed by atoms with Crippen LogP contribution in [0.25, 0.3) is 5.57 Å². The van der Waals surface area contributed by atoms with Crippen LogP contribution in [0.15, 0.2) is 84.7 Å². The van der Waals surface area contributed by atoms with Crippen molar-refractivity contribution in [2.75, 3.05) is 42.6 Å². The third kappa shape index (κ3) is 4.01. The van der Waals surface area contributed by atoms with Crippen LogP contribution in [-0.4, -0.2) is 54.5 Å². The molecule has 0 spiro atoms. The highest BCUT2D eigenvalue weighted by molar-refractivity contribution is 6.45. The van der Waals surface area contributed by atoms with Gasteiger partial charge in [-0.2, -0.15) is 0 Å². The number of hydrogen-bond donors (Lipinski definition) is 0. The Hall–Kier alpha value is -4.13. The number of nitrogens with zero attached hydrogens (tertiary/aromatic N) is 4. The molecule has 1 fully saturated rings. The summed E-state index contributed by atoms with van der Waals surface area (Å²) in [7, 11) is 0. The minimum atomic E-state index is -0.303. The van der Waals surface area contributed by atoms with E-state index >= 15 is 0 Å². The fourth-order valence-electron chi connectivity index (χ4n) is 4.47. The predicted molar refractivity (Wildman–Crippen MR) is 131 cm³/mol. The van der Waals surface area contributed by atoms with Crippen LogP contribution in [0.1, 0.15) is 12.5 Å². The van der Waals surface area contributed by atoms with Gasteiger partial charge in [-0.25, -0.2) is 9.88 Å². The molecule has 7 heteroatoms. The molecule has 0 unspecified atom stereocenters. The Morgan fingerprint density at radius 1 is 0.794 bits per heavy atom. The summed E-state index contributed by atoms with van der Waals surface area (Å²) < 4.78 is 5.56. The van der Waals surface area contributed by atoms with Crippen LogP contribution in [-0.2, 0) is 9.59 Å². The van der Waals surface area contributed by atoms with Gasteiger partial charge in [-0.05, 0) is 48.9 Å². The summed E-state index contributed by atoms with van der Waals surface area (Å²) in [6.45, 7) is 5.15. The van der Waals surface area contributed by atoms with Gasteiger partial charge in [-0.1, -0.05) is 36.4 Å². The van der Waals surface area contributed by atoms with Crippen LogP contribution in [0.2, 0.25) is 0 Å². The van der Waals surface area contributed by atoms with Crippen LogP contribution >= 0.6 is 0 Å². The monoisotopic (exact) mass is 454 g/mol. The number of aromatic nitrogens is 1. The Balaban J connectivity index is 1.49. The number of amides is 2. The lowest BCUT2D eigenvalue weighted by Crippen LogP contribution is -2.48. The number of para-hydroxylation sites is 1. The van der Waals surface area contributed by atoms with Gasteiger partial charge in [0, 0.05) is 32.4 Å². The molecule has 0 bridgehead atoms. The van der Waals surface area contributed by atoms with Crippen LogP contribution in [0, 0.1) is 0 Å². The third-order valence-corrected chi connectivity index (χ3v) is 6.10. The average molecular weight is 455 g/mol. The van der Waals surface area contributed by atoms with Gasteiger partial charge in [-0.15, -0.1) is 0 Å². The smallest absolute Gasteiger partial charge is 0.282 e. The van der Waals surface area contributed by atoms with Gasteiger partial charge in [-0.3, -0.25) is 9.59 Å². The maximum atomic E-state index is 13.7. The molecule has 3 aromatic rings. The number of imide groups is 1. The predicted octanol–water partition coefficient (Wildman–Crippen LogP) is 3.59. The van der Waals surface area contributed by atoms with Crippen molar-refractivity contribution in [3.8, 4) is 5.75 Å². The van der Waals surface area contributed by atoms with Crippen LogP contribution < -0.4 is 14.5 Å². The standard InChI is InChI=1S/C27H26N4O3/c1-2-34-22-13-11-20(12-14-22)24-25(27(33)31(26(24)32)21-8-4-3-5-9-21)30-18-16-29(17-19-30)23-10-6-7-15-28-23/h3-15H,2,16-19H2,1H3. The van der Waals surface area contributed by atoms with E-state index in [0.29, 0.717) is 55.3 Å². The van der Waals surface area contributed by atoms with Gasteiger partial charge >= 0.3 is 0 Å². The second kappa shape index (κ2) is 9.39. The first-order valence-electron chi connectivity index (χ1n) is 11.5. The van der Waals surface area contributed by atoms with E-state index in [2.05, 4.69) is 9.88 Å². The van der Waals surface area contributed by atoms with Crippen LogP contribution in [0.4, 0.5) is 11.5 Å². The van der Waals surface area contributed by atoms with Crippen molar-refractivity contribution in [1.29, 1.82) is 0 Å². The van der Waals surface area contributed by atoms with Crippen molar-refractivity contribution >= 4 is 28.9 Å². The summed E-state index contributed by atoms with van der Waals surface area (Å²) in [6, 6.07) is 22.3. The van der Waals surface area contributed by atoms with Crippen molar-refractivity contribution in [1.82, 2.24) is 9.88 Å². The van der Waals surface area contributed by atoms with Gasteiger partial charge < -0.3 is 14.5 Å². The molecule has 2 aromatic carbocycles. The van der Waals surface area contributed by atoms with E-state index in [1.807, 2.05) is 72.5 Å². The third-order valence-electron chi connectivity index (χ3n) is 6.10. The van der Waals surface area contributed by atoms with E-state index in [1.54, 1.807) is 18.3 Å². The lowest BCUT2D eigenvalue weighted by molar-refractivity contribution is -0.120. The van der Waals surface area contributed by atoms with Crippen molar-refractivity contribution in [3.05, 3.63) is 90.3 Å². The Morgan fingerprint density at radius 2 is 1.47 bits per heavy atom. The van der Waals surface area contributed by atoms with Gasteiger partial charge in [0.2, 0.25) is 0 Å². The summed E-state index contributed by atoms with van der Waals surface area (Å²) >= 11 is 0. The molecule has 2 aliphatic rings. The second-order valence-corrected chi connectivity index (χ2v) is 8.12. The lowest BCUT2D eigenvalue weighted by Gasteiger charge is -2.37. The number of carbonyl (C=O) groups is 2. The Labute approximate surface area is 198 Å². The number of rotatable bonds is 6. The van der Waals surface area contributed by atoms with Crippen molar-refractivity contribution in [2.45, 2.75) is 6.92 Å². The Morgan fingerprint density at radius 3 is 2.12 bits per heavy atom.